The lowest BCUT2D eigenvalue weighted by atomic mass is 9.92. The number of hydrogen-bond acceptors (Lipinski definition) is 5. The van der Waals surface area contributed by atoms with Gasteiger partial charge >= 0.3 is 0 Å². The van der Waals surface area contributed by atoms with Gasteiger partial charge in [-0.05, 0) is 25.3 Å². The molecule has 0 spiro atoms. The fraction of sp³-hybridized carbons (Fsp3) is 0.810. The molecular formula is C21H39NO5. The van der Waals surface area contributed by atoms with Crippen molar-refractivity contribution in [2.24, 2.45) is 0 Å². The topological polar surface area (TPSA) is 97.7 Å². The van der Waals surface area contributed by atoms with E-state index in [2.05, 4.69) is 0 Å². The van der Waals surface area contributed by atoms with Crippen molar-refractivity contribution in [2.75, 3.05) is 34.3 Å². The molecule has 0 aliphatic rings. The molecule has 0 rings (SSSR count). The summed E-state index contributed by atoms with van der Waals surface area (Å²) in [5.74, 6) is -1.99. The summed E-state index contributed by atoms with van der Waals surface area (Å²) >= 11 is 0. The van der Waals surface area contributed by atoms with Crippen molar-refractivity contribution in [1.82, 2.24) is 0 Å². The van der Waals surface area contributed by atoms with Gasteiger partial charge in [-0.15, -0.1) is 0 Å². The highest BCUT2D eigenvalue weighted by atomic mass is 16.4. The quantitative estimate of drug-likeness (QED) is 0.225. The van der Waals surface area contributed by atoms with Crippen LogP contribution in [0.25, 0.3) is 0 Å². The molecule has 0 aromatic carbocycles. The minimum absolute atomic E-state index is 0.0163. The van der Waals surface area contributed by atoms with Crippen LogP contribution in [0.1, 0.15) is 70.6 Å². The van der Waals surface area contributed by atoms with Crippen LogP contribution in [0.3, 0.4) is 0 Å². The van der Waals surface area contributed by atoms with E-state index in [4.69, 9.17) is 5.11 Å². The van der Waals surface area contributed by atoms with Crippen LogP contribution in [0.2, 0.25) is 0 Å². The second-order valence-corrected chi connectivity index (χ2v) is 8.49. The van der Waals surface area contributed by atoms with Crippen LogP contribution in [-0.2, 0) is 9.59 Å². The number of unbranched alkanes of at least 4 members (excludes halogenated alkanes) is 9. The molecule has 0 aliphatic carbocycles. The van der Waals surface area contributed by atoms with Crippen LogP contribution >= 0.6 is 0 Å². The molecule has 158 valence electrons. The first-order chi connectivity index (χ1) is 12.6. The number of carboxylic acid groups (broad SMARTS) is 1. The Morgan fingerprint density at radius 2 is 1.41 bits per heavy atom. The molecule has 1 atom stereocenters. The number of aliphatic hydroxyl groups excluding tert-OH is 1. The molecule has 6 heteroatoms. The molecule has 27 heavy (non-hydrogen) atoms. The van der Waals surface area contributed by atoms with Crippen LogP contribution in [0.4, 0.5) is 0 Å². The van der Waals surface area contributed by atoms with E-state index >= 15 is 0 Å². The lowest BCUT2D eigenvalue weighted by molar-refractivity contribution is -0.875. The molecule has 1 unspecified atom stereocenters. The van der Waals surface area contributed by atoms with Gasteiger partial charge in [-0.3, -0.25) is 4.79 Å². The van der Waals surface area contributed by atoms with E-state index in [0.717, 1.165) is 38.5 Å². The van der Waals surface area contributed by atoms with E-state index < -0.39 is 23.8 Å². The summed E-state index contributed by atoms with van der Waals surface area (Å²) in [6, 6.07) is 0. The highest BCUT2D eigenvalue weighted by Gasteiger charge is 2.39. The van der Waals surface area contributed by atoms with Crippen molar-refractivity contribution in [2.45, 2.75) is 76.2 Å². The number of nitrogens with zero attached hydrogens (tertiary/aromatic N) is 1. The second-order valence-electron chi connectivity index (χ2n) is 8.49. The standard InChI is InChI=1S/C21H39NO5/c1-22(2,3)18-21(27,17-20(25)26)19(24)15-13-11-9-7-5-4-6-8-10-12-14-16-23/h13,15,23,27H,4-12,14,16-18H2,1-3H3/b15-13+. The number of likely N-dealkylation sites (N-methyl/N-ethyl adjacent to an activating group) is 1. The number of carboxylic acids is 1. The van der Waals surface area contributed by atoms with Crippen LogP contribution in [0.5, 0.6) is 0 Å². The Balaban J connectivity index is 4.07. The molecule has 0 aromatic heterocycles. The number of quaternary nitrogens is 1. The van der Waals surface area contributed by atoms with E-state index in [1.807, 2.05) is 0 Å². The number of ketones is 1. The van der Waals surface area contributed by atoms with Crippen molar-refractivity contribution in [3.8, 4) is 0 Å². The van der Waals surface area contributed by atoms with Crippen molar-refractivity contribution in [3.05, 3.63) is 12.2 Å². The molecular weight excluding hydrogens is 346 g/mol. The minimum Gasteiger partial charge on any atom is -0.550 e. The number of carbonyl (C=O) groups is 2. The Morgan fingerprint density at radius 3 is 1.85 bits per heavy atom. The number of allylic oxidation sites excluding steroid dienone is 1. The van der Waals surface area contributed by atoms with E-state index in [9.17, 15) is 19.8 Å². The zero-order valence-corrected chi connectivity index (χ0v) is 17.4. The van der Waals surface area contributed by atoms with Gasteiger partial charge in [0.25, 0.3) is 0 Å². The molecule has 0 fully saturated rings. The van der Waals surface area contributed by atoms with Gasteiger partial charge in [0.1, 0.15) is 6.54 Å². The first kappa shape index (κ1) is 25.8. The lowest BCUT2D eigenvalue weighted by Gasteiger charge is -2.34. The molecule has 2 N–H and O–H groups in total. The van der Waals surface area contributed by atoms with Crippen LogP contribution in [0, 0.1) is 0 Å². The first-order valence-corrected chi connectivity index (χ1v) is 10.2. The fourth-order valence-corrected chi connectivity index (χ4v) is 3.20. The van der Waals surface area contributed by atoms with Crippen molar-refractivity contribution in [1.29, 1.82) is 0 Å². The maximum Gasteiger partial charge on any atom is 0.193 e. The maximum absolute atomic E-state index is 12.3. The summed E-state index contributed by atoms with van der Waals surface area (Å²) in [5.41, 5.74) is -1.93. The average Bonchev–Trinajstić information content (AvgIpc) is 2.53. The van der Waals surface area contributed by atoms with Gasteiger partial charge < -0.3 is 24.6 Å². The Kier molecular flexibility index (Phi) is 13.2. The highest BCUT2D eigenvalue weighted by Crippen LogP contribution is 2.17. The number of aliphatic carboxylic acids is 1. The monoisotopic (exact) mass is 385 g/mol. The van der Waals surface area contributed by atoms with E-state index in [0.29, 0.717) is 0 Å². The van der Waals surface area contributed by atoms with Gasteiger partial charge in [-0.2, -0.15) is 0 Å². The molecule has 0 radical (unpaired) electrons. The van der Waals surface area contributed by atoms with Crippen LogP contribution in [-0.4, -0.2) is 66.3 Å². The average molecular weight is 386 g/mol. The molecule has 0 aromatic rings. The summed E-state index contributed by atoms with van der Waals surface area (Å²) in [6.07, 6.45) is 13.2. The van der Waals surface area contributed by atoms with E-state index in [1.54, 1.807) is 27.2 Å². The molecule has 0 bridgehead atoms. The summed E-state index contributed by atoms with van der Waals surface area (Å²) in [4.78, 5) is 23.2. The molecule has 0 aliphatic heterocycles. The molecule has 6 nitrogen and oxygen atoms in total. The number of carbonyl (C=O) groups excluding carboxylic acids is 2. The third kappa shape index (κ3) is 14.5. The molecule has 0 saturated heterocycles. The minimum atomic E-state index is -1.93. The van der Waals surface area contributed by atoms with E-state index in [-0.39, 0.29) is 17.6 Å². The zero-order valence-electron chi connectivity index (χ0n) is 17.4. The maximum atomic E-state index is 12.3. The molecule has 0 heterocycles. The third-order valence-corrected chi connectivity index (χ3v) is 4.43. The number of rotatable bonds is 17. The van der Waals surface area contributed by atoms with Gasteiger partial charge in [0.05, 0.1) is 21.1 Å². The van der Waals surface area contributed by atoms with Crippen LogP contribution in [0.15, 0.2) is 12.2 Å². The summed E-state index contributed by atoms with van der Waals surface area (Å²) in [7, 11) is 5.39. The van der Waals surface area contributed by atoms with Crippen molar-refractivity contribution in [3.63, 3.8) is 0 Å². The summed E-state index contributed by atoms with van der Waals surface area (Å²) in [5, 5.41) is 30.1. The van der Waals surface area contributed by atoms with Crippen LogP contribution < -0.4 is 5.11 Å². The summed E-state index contributed by atoms with van der Waals surface area (Å²) in [6.45, 7) is 0.304. The molecule has 0 amide bonds. The Bertz CT molecular complexity index is 456. The molecule has 0 saturated carbocycles. The fourth-order valence-electron chi connectivity index (χ4n) is 3.20. The predicted octanol–water partition coefficient (Wildman–Crippen LogP) is 1.58. The second kappa shape index (κ2) is 13.9. The number of hydrogen-bond donors (Lipinski definition) is 2. The van der Waals surface area contributed by atoms with Crippen molar-refractivity contribution < 1.29 is 29.4 Å². The Morgan fingerprint density at radius 1 is 0.926 bits per heavy atom. The predicted molar refractivity (Wildman–Crippen MR) is 105 cm³/mol. The van der Waals surface area contributed by atoms with Gasteiger partial charge in [-0.1, -0.05) is 51.0 Å². The third-order valence-electron chi connectivity index (χ3n) is 4.43. The van der Waals surface area contributed by atoms with Gasteiger partial charge in [0.2, 0.25) is 0 Å². The number of aliphatic hydroxyl groups is 2. The van der Waals surface area contributed by atoms with Gasteiger partial charge in [0, 0.05) is 19.0 Å². The van der Waals surface area contributed by atoms with E-state index in [1.165, 1.54) is 31.8 Å². The smallest absolute Gasteiger partial charge is 0.193 e. The Labute approximate surface area is 164 Å². The van der Waals surface area contributed by atoms with Gasteiger partial charge in [0.15, 0.2) is 11.4 Å². The highest BCUT2D eigenvalue weighted by molar-refractivity contribution is 5.99. The SMILES string of the molecule is C[N+](C)(C)CC(O)(CC(=O)[O-])C(=O)/C=C/CCCCCCCCCCCO. The lowest BCUT2D eigenvalue weighted by Crippen LogP contribution is -2.55. The normalized spacial score (nSPS) is 14.4. The zero-order chi connectivity index (χ0) is 20.8. The van der Waals surface area contributed by atoms with Crippen molar-refractivity contribution >= 4 is 11.8 Å². The summed E-state index contributed by atoms with van der Waals surface area (Å²) < 4.78 is 0.281. The Hall–Kier alpha value is -1.24. The first-order valence-electron chi connectivity index (χ1n) is 10.2. The van der Waals surface area contributed by atoms with Gasteiger partial charge in [-0.25, -0.2) is 0 Å². The largest absolute Gasteiger partial charge is 0.550 e.